The molecule has 0 aromatic heterocycles. The van der Waals surface area contributed by atoms with Gasteiger partial charge in [0.2, 0.25) is 0 Å². The van der Waals surface area contributed by atoms with E-state index >= 15 is 0 Å². The molecular weight excluding hydrogens is 224 g/mol. The zero-order valence-corrected chi connectivity index (χ0v) is 10.2. The van der Waals surface area contributed by atoms with E-state index in [1.807, 2.05) is 18.2 Å². The summed E-state index contributed by atoms with van der Waals surface area (Å²) in [5.74, 6) is 0. The Kier molecular flexibility index (Phi) is 3.69. The molecule has 1 aromatic rings. The minimum atomic E-state index is 0.447. The van der Waals surface area contributed by atoms with Crippen molar-refractivity contribution in [2.24, 2.45) is 0 Å². The molecule has 0 spiro atoms. The van der Waals surface area contributed by atoms with E-state index in [9.17, 15) is 0 Å². The van der Waals surface area contributed by atoms with Crippen LogP contribution in [0, 0.1) is 0 Å². The molecule has 0 saturated carbocycles. The van der Waals surface area contributed by atoms with E-state index < -0.39 is 0 Å². The predicted octanol–water partition coefficient (Wildman–Crippen LogP) is 2.14. The van der Waals surface area contributed by atoms with Crippen molar-refractivity contribution in [2.75, 3.05) is 25.5 Å². The molecular formula is C12H17ClN2O. The van der Waals surface area contributed by atoms with Gasteiger partial charge in [-0.25, -0.2) is 0 Å². The first-order chi connectivity index (χ1) is 7.66. The average Bonchev–Trinajstić information content (AvgIpc) is 2.25. The first kappa shape index (κ1) is 11.7. The van der Waals surface area contributed by atoms with Gasteiger partial charge < -0.3 is 10.5 Å². The fourth-order valence-electron chi connectivity index (χ4n) is 1.91. The first-order valence-electron chi connectivity index (χ1n) is 5.52. The number of ether oxygens (including phenoxy) is 1. The van der Waals surface area contributed by atoms with E-state index in [0.717, 1.165) is 36.9 Å². The molecule has 0 amide bonds. The number of anilines is 1. The zero-order valence-electron chi connectivity index (χ0n) is 9.45. The largest absolute Gasteiger partial charge is 0.399 e. The van der Waals surface area contributed by atoms with Gasteiger partial charge in [0.1, 0.15) is 0 Å². The van der Waals surface area contributed by atoms with Crippen molar-refractivity contribution in [1.29, 1.82) is 0 Å². The lowest BCUT2D eigenvalue weighted by atomic mass is 10.1. The monoisotopic (exact) mass is 240 g/mol. The fourth-order valence-corrected chi connectivity index (χ4v) is 2.16. The van der Waals surface area contributed by atoms with Crippen LogP contribution in [0.5, 0.6) is 0 Å². The Morgan fingerprint density at radius 3 is 3.06 bits per heavy atom. The van der Waals surface area contributed by atoms with Gasteiger partial charge in [0, 0.05) is 29.8 Å². The van der Waals surface area contributed by atoms with E-state index in [1.165, 1.54) is 0 Å². The molecule has 0 bridgehead atoms. The molecule has 2 N–H and O–H groups in total. The summed E-state index contributed by atoms with van der Waals surface area (Å²) >= 11 is 6.16. The highest BCUT2D eigenvalue weighted by molar-refractivity contribution is 6.31. The van der Waals surface area contributed by atoms with Gasteiger partial charge in [-0.05, 0) is 24.6 Å². The second-order valence-electron chi connectivity index (χ2n) is 4.25. The molecule has 1 heterocycles. The summed E-state index contributed by atoms with van der Waals surface area (Å²) < 4.78 is 5.40. The molecule has 3 nitrogen and oxygen atoms in total. The van der Waals surface area contributed by atoms with E-state index in [2.05, 4.69) is 11.8 Å². The van der Waals surface area contributed by atoms with E-state index in [1.54, 1.807) is 0 Å². The van der Waals surface area contributed by atoms with Crippen LogP contribution in [0.2, 0.25) is 5.02 Å². The third kappa shape index (κ3) is 2.67. The number of nitrogens with zero attached hydrogens (tertiary/aromatic N) is 1. The molecule has 16 heavy (non-hydrogen) atoms. The third-order valence-corrected chi connectivity index (χ3v) is 3.31. The second-order valence-corrected chi connectivity index (χ2v) is 4.65. The fraction of sp³-hybridized carbons (Fsp3) is 0.500. The second kappa shape index (κ2) is 5.04. The molecule has 2 rings (SSSR count). The highest BCUT2D eigenvalue weighted by atomic mass is 35.5. The van der Waals surface area contributed by atoms with Crippen LogP contribution < -0.4 is 5.73 Å². The topological polar surface area (TPSA) is 38.5 Å². The molecule has 88 valence electrons. The Hall–Kier alpha value is -0.770. The van der Waals surface area contributed by atoms with Crippen LogP contribution >= 0.6 is 11.6 Å². The maximum Gasteiger partial charge on any atom is 0.0619 e. The van der Waals surface area contributed by atoms with Gasteiger partial charge in [0.25, 0.3) is 0 Å². The van der Waals surface area contributed by atoms with Gasteiger partial charge in [0.05, 0.1) is 13.2 Å². The molecule has 1 aromatic carbocycles. The summed E-state index contributed by atoms with van der Waals surface area (Å²) in [4.78, 5) is 2.38. The van der Waals surface area contributed by atoms with E-state index in [-0.39, 0.29) is 0 Å². The Morgan fingerprint density at radius 1 is 1.56 bits per heavy atom. The zero-order chi connectivity index (χ0) is 11.5. The summed E-state index contributed by atoms with van der Waals surface area (Å²) in [6.45, 7) is 5.60. The Labute approximate surface area is 101 Å². The minimum Gasteiger partial charge on any atom is -0.399 e. The van der Waals surface area contributed by atoms with Crippen molar-refractivity contribution in [3.8, 4) is 0 Å². The lowest BCUT2D eigenvalue weighted by Crippen LogP contribution is -2.42. The molecule has 1 aliphatic heterocycles. The SMILES string of the molecule is CC1COCCN1Cc1ccc(N)cc1Cl. The average molecular weight is 241 g/mol. The number of morpholine rings is 1. The normalized spacial score (nSPS) is 22.2. The summed E-state index contributed by atoms with van der Waals surface area (Å²) in [7, 11) is 0. The predicted molar refractivity (Wildman–Crippen MR) is 66.6 cm³/mol. The molecule has 1 saturated heterocycles. The first-order valence-corrected chi connectivity index (χ1v) is 5.90. The standard InChI is InChI=1S/C12H17ClN2O/c1-9-8-16-5-4-15(9)7-10-2-3-11(14)6-12(10)13/h2-3,6,9H,4-5,7-8,14H2,1H3. The van der Waals surface area contributed by atoms with Gasteiger partial charge in [0.15, 0.2) is 0 Å². The number of hydrogen-bond acceptors (Lipinski definition) is 3. The molecule has 0 radical (unpaired) electrons. The minimum absolute atomic E-state index is 0.447. The maximum atomic E-state index is 6.16. The van der Waals surface area contributed by atoms with Crippen molar-refractivity contribution >= 4 is 17.3 Å². The van der Waals surface area contributed by atoms with Gasteiger partial charge >= 0.3 is 0 Å². The quantitative estimate of drug-likeness (QED) is 0.805. The van der Waals surface area contributed by atoms with Crippen LogP contribution in [0.25, 0.3) is 0 Å². The molecule has 1 atom stereocenters. The van der Waals surface area contributed by atoms with Crippen LogP contribution in [0.3, 0.4) is 0 Å². The number of halogens is 1. The highest BCUT2D eigenvalue weighted by Crippen LogP contribution is 2.22. The molecule has 0 aliphatic carbocycles. The maximum absolute atomic E-state index is 6.16. The summed E-state index contributed by atoms with van der Waals surface area (Å²) in [6.07, 6.45) is 0. The number of rotatable bonds is 2. The lowest BCUT2D eigenvalue weighted by molar-refractivity contribution is -0.00435. The van der Waals surface area contributed by atoms with Crippen LogP contribution in [-0.2, 0) is 11.3 Å². The van der Waals surface area contributed by atoms with Crippen LogP contribution in [0.15, 0.2) is 18.2 Å². The Morgan fingerprint density at radius 2 is 2.38 bits per heavy atom. The molecule has 1 aliphatic rings. The Bertz CT molecular complexity index is 370. The molecule has 1 fully saturated rings. The van der Waals surface area contributed by atoms with Gasteiger partial charge in [-0.3, -0.25) is 4.90 Å². The van der Waals surface area contributed by atoms with Gasteiger partial charge in [-0.2, -0.15) is 0 Å². The smallest absolute Gasteiger partial charge is 0.0619 e. The van der Waals surface area contributed by atoms with Crippen LogP contribution in [0.1, 0.15) is 12.5 Å². The van der Waals surface area contributed by atoms with Crippen LogP contribution in [-0.4, -0.2) is 30.7 Å². The summed E-state index contributed by atoms with van der Waals surface area (Å²) in [6, 6.07) is 6.15. The van der Waals surface area contributed by atoms with Gasteiger partial charge in [-0.15, -0.1) is 0 Å². The number of benzene rings is 1. The highest BCUT2D eigenvalue weighted by Gasteiger charge is 2.19. The van der Waals surface area contributed by atoms with Crippen molar-refractivity contribution in [1.82, 2.24) is 4.90 Å². The van der Waals surface area contributed by atoms with Crippen LogP contribution in [0.4, 0.5) is 5.69 Å². The number of hydrogen-bond donors (Lipinski definition) is 1. The number of nitrogen functional groups attached to an aromatic ring is 1. The Balaban J connectivity index is 2.07. The van der Waals surface area contributed by atoms with Crippen molar-refractivity contribution in [2.45, 2.75) is 19.5 Å². The molecule has 4 heteroatoms. The molecule has 1 unspecified atom stereocenters. The van der Waals surface area contributed by atoms with Gasteiger partial charge in [-0.1, -0.05) is 17.7 Å². The third-order valence-electron chi connectivity index (χ3n) is 2.96. The lowest BCUT2D eigenvalue weighted by Gasteiger charge is -2.33. The summed E-state index contributed by atoms with van der Waals surface area (Å²) in [5.41, 5.74) is 7.51. The van der Waals surface area contributed by atoms with E-state index in [4.69, 9.17) is 22.1 Å². The van der Waals surface area contributed by atoms with E-state index in [0.29, 0.717) is 11.7 Å². The number of nitrogens with two attached hydrogens (primary N) is 1. The van der Waals surface area contributed by atoms with Crippen molar-refractivity contribution in [3.63, 3.8) is 0 Å². The van der Waals surface area contributed by atoms with Crippen molar-refractivity contribution < 1.29 is 4.74 Å². The van der Waals surface area contributed by atoms with Crippen molar-refractivity contribution in [3.05, 3.63) is 28.8 Å². The summed E-state index contributed by atoms with van der Waals surface area (Å²) in [5, 5.41) is 0.749.